The van der Waals surface area contributed by atoms with Crippen LogP contribution in [0.1, 0.15) is 48.2 Å². The van der Waals surface area contributed by atoms with E-state index in [0.29, 0.717) is 13.1 Å². The predicted octanol–water partition coefficient (Wildman–Crippen LogP) is 3.03. The lowest BCUT2D eigenvalue weighted by Gasteiger charge is -2.14. The van der Waals surface area contributed by atoms with E-state index < -0.39 is 0 Å². The fraction of sp³-hybridized carbons (Fsp3) is 0.500. The Hall–Kier alpha value is -2.83. The Morgan fingerprint density at radius 1 is 1.21 bits per heavy atom. The van der Waals surface area contributed by atoms with Crippen LogP contribution in [0.5, 0.6) is 0 Å². The van der Waals surface area contributed by atoms with Gasteiger partial charge in [0.2, 0.25) is 5.91 Å². The molecule has 1 aliphatic carbocycles. The highest BCUT2D eigenvalue weighted by Crippen LogP contribution is 2.26. The number of hydrogen-bond acceptors (Lipinski definition) is 3. The first-order chi connectivity index (χ1) is 14.0. The molecular weight excluding hydrogens is 364 g/mol. The van der Waals surface area contributed by atoms with Gasteiger partial charge >= 0.3 is 0 Å². The van der Waals surface area contributed by atoms with Crippen molar-refractivity contribution in [1.29, 1.82) is 0 Å². The third-order valence-electron chi connectivity index (χ3n) is 5.70. The average Bonchev–Trinajstić information content (AvgIpc) is 3.32. The molecule has 7 nitrogen and oxygen atoms in total. The van der Waals surface area contributed by atoms with E-state index >= 15 is 0 Å². The minimum Gasteiger partial charge on any atom is -0.352 e. The molecule has 156 valence electrons. The van der Waals surface area contributed by atoms with Crippen molar-refractivity contribution in [3.63, 3.8) is 0 Å². The summed E-state index contributed by atoms with van der Waals surface area (Å²) in [6.45, 7) is 5.38. The van der Waals surface area contributed by atoms with Crippen molar-refractivity contribution in [3.05, 3.63) is 46.8 Å². The number of nitrogens with zero attached hydrogens (tertiary/aromatic N) is 3. The molecule has 1 aromatic heterocycles. The Labute approximate surface area is 173 Å². The molecule has 1 fully saturated rings. The average molecular weight is 397 g/mol. The lowest BCUT2D eigenvalue weighted by Crippen LogP contribution is -2.36. The maximum Gasteiger partial charge on any atom is 0.227 e. The van der Waals surface area contributed by atoms with Crippen LogP contribution < -0.4 is 16.0 Å². The van der Waals surface area contributed by atoms with Crippen molar-refractivity contribution in [1.82, 2.24) is 20.4 Å². The Kier molecular flexibility index (Phi) is 6.90. The monoisotopic (exact) mass is 396 g/mol. The highest BCUT2D eigenvalue weighted by Gasteiger charge is 2.22. The second-order valence-electron chi connectivity index (χ2n) is 7.72. The molecule has 0 saturated heterocycles. The molecule has 0 spiro atoms. The molecule has 0 bridgehead atoms. The molecule has 0 aliphatic heterocycles. The molecule has 1 saturated carbocycles. The Balaban J connectivity index is 1.53. The van der Waals surface area contributed by atoms with Gasteiger partial charge in [0.1, 0.15) is 0 Å². The summed E-state index contributed by atoms with van der Waals surface area (Å²) in [6, 6.07) is 7.97. The van der Waals surface area contributed by atoms with E-state index in [1.54, 1.807) is 7.05 Å². The highest BCUT2D eigenvalue weighted by molar-refractivity contribution is 5.92. The third-order valence-corrected chi connectivity index (χ3v) is 5.70. The zero-order valence-corrected chi connectivity index (χ0v) is 17.9. The molecular formula is C22H32N6O. The largest absolute Gasteiger partial charge is 0.352 e. The molecule has 3 N–H and O–H groups in total. The smallest absolute Gasteiger partial charge is 0.227 e. The number of carbonyl (C=O) groups is 1. The molecule has 3 rings (SSSR count). The van der Waals surface area contributed by atoms with Crippen molar-refractivity contribution in [2.24, 2.45) is 18.0 Å². The van der Waals surface area contributed by atoms with Crippen LogP contribution in [0.15, 0.2) is 29.3 Å². The number of hydrogen-bond donors (Lipinski definition) is 3. The van der Waals surface area contributed by atoms with Crippen molar-refractivity contribution in [2.75, 3.05) is 12.4 Å². The van der Waals surface area contributed by atoms with Crippen LogP contribution in [0.3, 0.4) is 0 Å². The zero-order valence-electron chi connectivity index (χ0n) is 17.9. The first-order valence-corrected chi connectivity index (χ1v) is 10.3. The maximum absolute atomic E-state index is 12.4. The lowest BCUT2D eigenvalue weighted by atomic mass is 10.1. The Bertz CT molecular complexity index is 879. The van der Waals surface area contributed by atoms with E-state index in [1.165, 1.54) is 5.56 Å². The molecule has 0 atom stereocenters. The topological polar surface area (TPSA) is 83.3 Å². The molecule has 1 aliphatic rings. The van der Waals surface area contributed by atoms with Crippen LogP contribution in [-0.2, 0) is 24.9 Å². The van der Waals surface area contributed by atoms with Crippen molar-refractivity contribution >= 4 is 17.6 Å². The molecule has 0 radical (unpaired) electrons. The van der Waals surface area contributed by atoms with Gasteiger partial charge in [0.05, 0.1) is 5.69 Å². The number of amides is 1. The normalized spacial score (nSPS) is 14.8. The quantitative estimate of drug-likeness (QED) is 0.518. The van der Waals surface area contributed by atoms with Gasteiger partial charge in [-0.25, -0.2) is 0 Å². The van der Waals surface area contributed by atoms with E-state index in [-0.39, 0.29) is 11.8 Å². The number of benzene rings is 1. The molecule has 0 unspecified atom stereocenters. The highest BCUT2D eigenvalue weighted by atomic mass is 16.1. The van der Waals surface area contributed by atoms with Gasteiger partial charge in [0.25, 0.3) is 0 Å². The molecule has 1 aromatic carbocycles. The molecule has 1 amide bonds. The van der Waals surface area contributed by atoms with E-state index in [0.717, 1.165) is 54.3 Å². The summed E-state index contributed by atoms with van der Waals surface area (Å²) in [4.78, 5) is 16.7. The van der Waals surface area contributed by atoms with Gasteiger partial charge in [0.15, 0.2) is 5.96 Å². The summed E-state index contributed by atoms with van der Waals surface area (Å²) in [7, 11) is 3.72. The Morgan fingerprint density at radius 3 is 2.59 bits per heavy atom. The summed E-state index contributed by atoms with van der Waals surface area (Å²) in [5.41, 5.74) is 5.30. The minimum absolute atomic E-state index is 0.146. The summed E-state index contributed by atoms with van der Waals surface area (Å²) >= 11 is 0. The number of nitrogens with one attached hydrogen (secondary N) is 3. The number of rotatable bonds is 6. The summed E-state index contributed by atoms with van der Waals surface area (Å²) in [5, 5.41) is 14.2. The van der Waals surface area contributed by atoms with Crippen LogP contribution in [0.4, 0.5) is 5.69 Å². The number of aryl methyl sites for hydroxylation is 2. The fourth-order valence-corrected chi connectivity index (χ4v) is 3.84. The third kappa shape index (κ3) is 5.37. The van der Waals surface area contributed by atoms with Gasteiger partial charge in [-0.2, -0.15) is 5.10 Å². The van der Waals surface area contributed by atoms with Gasteiger partial charge in [0, 0.05) is 50.0 Å². The predicted molar refractivity (Wildman–Crippen MR) is 117 cm³/mol. The van der Waals surface area contributed by atoms with Gasteiger partial charge < -0.3 is 16.0 Å². The van der Waals surface area contributed by atoms with Crippen LogP contribution in [0, 0.1) is 19.8 Å². The van der Waals surface area contributed by atoms with Gasteiger partial charge in [-0.15, -0.1) is 0 Å². The maximum atomic E-state index is 12.4. The van der Waals surface area contributed by atoms with E-state index in [4.69, 9.17) is 0 Å². The second-order valence-corrected chi connectivity index (χ2v) is 7.72. The van der Waals surface area contributed by atoms with E-state index in [1.807, 2.05) is 42.9 Å². The van der Waals surface area contributed by atoms with Crippen molar-refractivity contribution in [2.45, 2.75) is 52.6 Å². The second kappa shape index (κ2) is 9.58. The van der Waals surface area contributed by atoms with Crippen LogP contribution in [0.25, 0.3) is 0 Å². The number of anilines is 1. The number of guanidine groups is 1. The van der Waals surface area contributed by atoms with Crippen LogP contribution >= 0.6 is 0 Å². The van der Waals surface area contributed by atoms with Crippen molar-refractivity contribution < 1.29 is 4.79 Å². The van der Waals surface area contributed by atoms with Crippen molar-refractivity contribution in [3.8, 4) is 0 Å². The SMILES string of the molecule is CN=C(NCc1cccc(NC(=O)C2CCCC2)c1)NCc1c(C)nn(C)c1C. The first kappa shape index (κ1) is 20.9. The number of carbonyl (C=O) groups excluding carboxylic acids is 1. The van der Waals surface area contributed by atoms with Gasteiger partial charge in [-0.3, -0.25) is 14.5 Å². The summed E-state index contributed by atoms with van der Waals surface area (Å²) < 4.78 is 1.90. The van der Waals surface area contributed by atoms with Gasteiger partial charge in [-0.05, 0) is 44.4 Å². The van der Waals surface area contributed by atoms with E-state index in [9.17, 15) is 4.79 Å². The van der Waals surface area contributed by atoms with E-state index in [2.05, 4.69) is 33.0 Å². The zero-order chi connectivity index (χ0) is 20.8. The number of aliphatic imine (C=N–C) groups is 1. The summed E-state index contributed by atoms with van der Waals surface area (Å²) in [5.74, 6) is 1.04. The molecule has 29 heavy (non-hydrogen) atoms. The fourth-order valence-electron chi connectivity index (χ4n) is 3.84. The summed E-state index contributed by atoms with van der Waals surface area (Å²) in [6.07, 6.45) is 4.33. The van der Waals surface area contributed by atoms with Crippen LogP contribution in [0.2, 0.25) is 0 Å². The number of aromatic nitrogens is 2. The molecule has 7 heteroatoms. The first-order valence-electron chi connectivity index (χ1n) is 10.3. The van der Waals surface area contributed by atoms with Crippen LogP contribution in [-0.4, -0.2) is 28.7 Å². The molecule has 1 heterocycles. The molecule has 2 aromatic rings. The standard InChI is InChI=1S/C22H32N6O/c1-15-20(16(2)28(4)27-15)14-25-22(23-3)24-13-17-8-7-11-19(12-17)26-21(29)18-9-5-6-10-18/h7-8,11-12,18H,5-6,9-10,13-14H2,1-4H3,(H,26,29)(H2,23,24,25). The van der Waals surface area contributed by atoms with Gasteiger partial charge in [-0.1, -0.05) is 25.0 Å². The lowest BCUT2D eigenvalue weighted by molar-refractivity contribution is -0.119. The minimum atomic E-state index is 0.146. The Morgan fingerprint density at radius 2 is 1.93 bits per heavy atom.